The van der Waals surface area contributed by atoms with Gasteiger partial charge in [0.25, 0.3) is 0 Å². The minimum absolute atomic E-state index is 0.298. The summed E-state index contributed by atoms with van der Waals surface area (Å²) in [7, 11) is 0. The minimum Gasteiger partial charge on any atom is -0.456 e. The molecule has 0 bridgehead atoms. The van der Waals surface area contributed by atoms with E-state index in [1.54, 1.807) is 6.92 Å². The van der Waals surface area contributed by atoms with Crippen LogP contribution in [0.25, 0.3) is 11.1 Å². The highest BCUT2D eigenvalue weighted by Crippen LogP contribution is 2.25. The number of unbranched alkanes of at least 4 members (excludes halogenated alkanes) is 6. The third kappa shape index (κ3) is 9.16. The Morgan fingerprint density at radius 1 is 0.750 bits per heavy atom. The molecule has 0 N–H and O–H groups in total. The molecule has 2 atom stereocenters. The largest absolute Gasteiger partial charge is 0.456 e. The summed E-state index contributed by atoms with van der Waals surface area (Å²) in [6.07, 6.45) is 10.1. The summed E-state index contributed by atoms with van der Waals surface area (Å²) in [5, 5.41) is 0. The van der Waals surface area contributed by atoms with Crippen molar-refractivity contribution in [2.45, 2.75) is 97.7 Å². The molecule has 0 saturated heterocycles. The van der Waals surface area contributed by atoms with Gasteiger partial charge in [-0.2, -0.15) is 0 Å². The molecule has 2 unspecified atom stereocenters. The number of ether oxygens (including phenoxy) is 2. The molecule has 0 aliphatic rings. The van der Waals surface area contributed by atoms with Gasteiger partial charge in [0.15, 0.2) is 6.10 Å². The first kappa shape index (κ1) is 26.1. The van der Waals surface area contributed by atoms with Crippen LogP contribution in [-0.4, -0.2) is 18.7 Å². The molecule has 2 aromatic rings. The van der Waals surface area contributed by atoms with E-state index >= 15 is 0 Å². The molecule has 0 aromatic heterocycles. The second kappa shape index (κ2) is 14.8. The number of carbonyl (C=O) groups excluding carboxylic acids is 1. The first-order chi connectivity index (χ1) is 15.5. The molecule has 0 radical (unpaired) electrons. The quantitative estimate of drug-likeness (QED) is 0.208. The van der Waals surface area contributed by atoms with Gasteiger partial charge in [-0.25, -0.2) is 4.79 Å². The SMILES string of the molecule is CCCCCCCc1ccc(-c2ccc(C(C)OC(=O)C(C)OCCCCC)cc2)cc1. The standard InChI is InChI=1S/C29H42O3/c1-5-7-9-10-11-13-25-14-16-27(17-15-25)28-20-18-26(19-21-28)23(3)32-29(30)24(4)31-22-12-8-6-2/h14-21,23-24H,5-13,22H2,1-4H3. The lowest BCUT2D eigenvalue weighted by Gasteiger charge is -2.18. The van der Waals surface area contributed by atoms with E-state index in [9.17, 15) is 4.79 Å². The fourth-order valence-corrected chi connectivity index (χ4v) is 3.76. The summed E-state index contributed by atoms with van der Waals surface area (Å²) < 4.78 is 11.2. The highest BCUT2D eigenvalue weighted by Gasteiger charge is 2.19. The van der Waals surface area contributed by atoms with Crippen molar-refractivity contribution in [2.24, 2.45) is 0 Å². The molecule has 0 aliphatic heterocycles. The molecule has 2 aromatic carbocycles. The Morgan fingerprint density at radius 3 is 1.94 bits per heavy atom. The highest BCUT2D eigenvalue weighted by atomic mass is 16.6. The zero-order chi connectivity index (χ0) is 23.2. The molecule has 0 spiro atoms. The molecule has 3 nitrogen and oxygen atoms in total. The van der Waals surface area contributed by atoms with Gasteiger partial charge in [0.1, 0.15) is 6.10 Å². The van der Waals surface area contributed by atoms with Crippen molar-refractivity contribution in [3.05, 3.63) is 59.7 Å². The average molecular weight is 439 g/mol. The predicted molar refractivity (Wildman–Crippen MR) is 134 cm³/mol. The Morgan fingerprint density at radius 2 is 1.31 bits per heavy atom. The van der Waals surface area contributed by atoms with Crippen LogP contribution in [0.2, 0.25) is 0 Å². The summed E-state index contributed by atoms with van der Waals surface area (Å²) in [5.74, 6) is -0.302. The fourth-order valence-electron chi connectivity index (χ4n) is 3.76. The van der Waals surface area contributed by atoms with E-state index < -0.39 is 6.10 Å². The molecule has 3 heteroatoms. The molecule has 0 fully saturated rings. The number of hydrogen-bond acceptors (Lipinski definition) is 3. The van der Waals surface area contributed by atoms with E-state index in [4.69, 9.17) is 9.47 Å². The molecule has 0 heterocycles. The van der Waals surface area contributed by atoms with Crippen LogP contribution in [0.1, 0.15) is 96.3 Å². The number of esters is 1. The zero-order valence-electron chi connectivity index (χ0n) is 20.6. The van der Waals surface area contributed by atoms with Crippen molar-refractivity contribution in [3.8, 4) is 11.1 Å². The molecule has 0 amide bonds. The number of benzene rings is 2. The van der Waals surface area contributed by atoms with Crippen LogP contribution in [-0.2, 0) is 20.7 Å². The summed E-state index contributed by atoms with van der Waals surface area (Å²) in [5.41, 5.74) is 4.79. The summed E-state index contributed by atoms with van der Waals surface area (Å²) in [6.45, 7) is 8.68. The van der Waals surface area contributed by atoms with Crippen LogP contribution in [0.5, 0.6) is 0 Å². The van der Waals surface area contributed by atoms with E-state index in [2.05, 4.69) is 50.2 Å². The van der Waals surface area contributed by atoms with E-state index in [1.807, 2.05) is 19.1 Å². The maximum absolute atomic E-state index is 12.3. The topological polar surface area (TPSA) is 35.5 Å². The van der Waals surface area contributed by atoms with Crippen molar-refractivity contribution < 1.29 is 14.3 Å². The predicted octanol–water partition coefficient (Wildman–Crippen LogP) is 8.07. The van der Waals surface area contributed by atoms with Gasteiger partial charge in [-0.05, 0) is 55.4 Å². The van der Waals surface area contributed by atoms with Gasteiger partial charge in [0.05, 0.1) is 0 Å². The Bertz CT molecular complexity index is 764. The van der Waals surface area contributed by atoms with Gasteiger partial charge in [-0.15, -0.1) is 0 Å². The lowest BCUT2D eigenvalue weighted by Crippen LogP contribution is -2.25. The van der Waals surface area contributed by atoms with E-state index in [-0.39, 0.29) is 12.1 Å². The smallest absolute Gasteiger partial charge is 0.335 e. The van der Waals surface area contributed by atoms with Gasteiger partial charge in [0, 0.05) is 6.61 Å². The Labute approximate surface area is 195 Å². The highest BCUT2D eigenvalue weighted by molar-refractivity contribution is 5.74. The second-order valence-electron chi connectivity index (χ2n) is 8.78. The molecule has 2 rings (SSSR count). The monoisotopic (exact) mass is 438 g/mol. The fraction of sp³-hybridized carbons (Fsp3) is 0.552. The number of hydrogen-bond donors (Lipinski definition) is 0. The van der Waals surface area contributed by atoms with Crippen LogP contribution in [0.3, 0.4) is 0 Å². The summed E-state index contributed by atoms with van der Waals surface area (Å²) >= 11 is 0. The van der Waals surface area contributed by atoms with Crippen molar-refractivity contribution in [1.29, 1.82) is 0 Å². The normalized spacial score (nSPS) is 13.0. The molecular formula is C29H42O3. The summed E-state index contributed by atoms with van der Waals surface area (Å²) in [6, 6.07) is 17.2. The maximum atomic E-state index is 12.3. The molecule has 0 aliphatic carbocycles. The minimum atomic E-state index is -0.529. The van der Waals surface area contributed by atoms with Gasteiger partial charge < -0.3 is 9.47 Å². The van der Waals surface area contributed by atoms with Gasteiger partial charge >= 0.3 is 5.97 Å². The third-order valence-corrected chi connectivity index (χ3v) is 5.98. The van der Waals surface area contributed by atoms with Gasteiger partial charge in [-0.1, -0.05) is 101 Å². The average Bonchev–Trinajstić information content (AvgIpc) is 2.82. The Kier molecular flexibility index (Phi) is 12.1. The Balaban J connectivity index is 1.83. The van der Waals surface area contributed by atoms with E-state index in [1.165, 1.54) is 48.8 Å². The van der Waals surface area contributed by atoms with Crippen molar-refractivity contribution in [1.82, 2.24) is 0 Å². The van der Waals surface area contributed by atoms with Crippen molar-refractivity contribution >= 4 is 5.97 Å². The molecule has 0 saturated carbocycles. The zero-order valence-corrected chi connectivity index (χ0v) is 20.6. The van der Waals surface area contributed by atoms with Crippen LogP contribution >= 0.6 is 0 Å². The molecule has 176 valence electrons. The van der Waals surface area contributed by atoms with Crippen LogP contribution in [0.15, 0.2) is 48.5 Å². The summed E-state index contributed by atoms with van der Waals surface area (Å²) in [4.78, 5) is 12.3. The second-order valence-corrected chi connectivity index (χ2v) is 8.78. The van der Waals surface area contributed by atoms with E-state index in [0.717, 1.165) is 31.2 Å². The number of rotatable bonds is 15. The van der Waals surface area contributed by atoms with E-state index in [0.29, 0.717) is 6.61 Å². The molecule has 32 heavy (non-hydrogen) atoms. The molecular weight excluding hydrogens is 396 g/mol. The van der Waals surface area contributed by atoms with Crippen molar-refractivity contribution in [2.75, 3.05) is 6.61 Å². The Hall–Kier alpha value is -2.13. The van der Waals surface area contributed by atoms with Crippen molar-refractivity contribution in [3.63, 3.8) is 0 Å². The third-order valence-electron chi connectivity index (χ3n) is 5.98. The maximum Gasteiger partial charge on any atom is 0.335 e. The van der Waals surface area contributed by atoms with Gasteiger partial charge in [0.2, 0.25) is 0 Å². The van der Waals surface area contributed by atoms with Crippen LogP contribution in [0, 0.1) is 0 Å². The van der Waals surface area contributed by atoms with Crippen LogP contribution < -0.4 is 0 Å². The lowest BCUT2D eigenvalue weighted by molar-refractivity contribution is -0.161. The first-order valence-corrected chi connectivity index (χ1v) is 12.6. The van der Waals surface area contributed by atoms with Gasteiger partial charge in [-0.3, -0.25) is 0 Å². The lowest BCUT2D eigenvalue weighted by atomic mass is 9.99. The first-order valence-electron chi connectivity index (χ1n) is 12.6. The number of aryl methyl sites for hydroxylation is 1. The number of carbonyl (C=O) groups is 1. The van der Waals surface area contributed by atoms with Crippen LogP contribution in [0.4, 0.5) is 0 Å².